The van der Waals surface area contributed by atoms with Gasteiger partial charge in [0, 0.05) is 30.4 Å². The Morgan fingerprint density at radius 1 is 1.17 bits per heavy atom. The summed E-state index contributed by atoms with van der Waals surface area (Å²) < 4.78 is 6.32. The van der Waals surface area contributed by atoms with Crippen molar-refractivity contribution >= 4 is 43.6 Å². The zero-order chi connectivity index (χ0) is 25.4. The number of thiazole rings is 1. The van der Waals surface area contributed by atoms with Crippen molar-refractivity contribution in [3.8, 4) is 22.4 Å². The van der Waals surface area contributed by atoms with E-state index in [4.69, 9.17) is 4.98 Å². The number of hydrogen-bond acceptors (Lipinski definition) is 6. The number of pyridine rings is 1. The van der Waals surface area contributed by atoms with Crippen molar-refractivity contribution < 1.29 is 5.11 Å². The van der Waals surface area contributed by atoms with Gasteiger partial charge >= 0.3 is 5.69 Å². The number of nitrogens with one attached hydrogen (secondary N) is 1. The van der Waals surface area contributed by atoms with E-state index in [1.54, 1.807) is 53.9 Å². The second kappa shape index (κ2) is 7.87. The summed E-state index contributed by atoms with van der Waals surface area (Å²) in [7, 11) is 1.79. The Morgan fingerprint density at radius 2 is 1.97 bits per heavy atom. The van der Waals surface area contributed by atoms with Crippen molar-refractivity contribution in [1.29, 1.82) is 0 Å². The molecule has 9 nitrogen and oxygen atoms in total. The van der Waals surface area contributed by atoms with Gasteiger partial charge < -0.3 is 10.1 Å². The van der Waals surface area contributed by atoms with E-state index in [1.807, 2.05) is 36.2 Å². The molecule has 0 saturated heterocycles. The summed E-state index contributed by atoms with van der Waals surface area (Å²) in [5.74, 6) is 0. The summed E-state index contributed by atoms with van der Waals surface area (Å²) in [6.45, 7) is 7.92. The summed E-state index contributed by atoms with van der Waals surface area (Å²) in [5, 5.41) is 15.7. The topological polar surface area (TPSA) is 107 Å². The molecule has 0 amide bonds. The molecule has 0 fully saturated rings. The Hall–Kier alpha value is -3.76. The van der Waals surface area contributed by atoms with Crippen LogP contribution in [0.2, 0.25) is 0 Å². The third kappa shape index (κ3) is 3.48. The third-order valence-electron chi connectivity index (χ3n) is 6.48. The molecule has 10 heteroatoms. The van der Waals surface area contributed by atoms with E-state index in [2.05, 4.69) is 27.2 Å². The van der Waals surface area contributed by atoms with Crippen LogP contribution in [0.1, 0.15) is 33.7 Å². The molecule has 0 radical (unpaired) electrons. The van der Waals surface area contributed by atoms with E-state index in [9.17, 15) is 9.90 Å². The van der Waals surface area contributed by atoms with Gasteiger partial charge in [0.1, 0.15) is 5.65 Å². The normalized spacial score (nSPS) is 12.6. The first-order valence-corrected chi connectivity index (χ1v) is 12.7. The number of aromatic amines is 1. The monoisotopic (exact) mass is 501 g/mol. The van der Waals surface area contributed by atoms with Crippen molar-refractivity contribution in [2.24, 2.45) is 7.05 Å². The van der Waals surface area contributed by atoms with Crippen molar-refractivity contribution in [1.82, 2.24) is 33.9 Å². The Balaban J connectivity index is 1.72. The highest BCUT2D eigenvalue weighted by molar-refractivity contribution is 7.16. The van der Waals surface area contributed by atoms with Gasteiger partial charge in [0.15, 0.2) is 0 Å². The maximum Gasteiger partial charge on any atom is 0.329 e. The summed E-state index contributed by atoms with van der Waals surface area (Å²) in [6.07, 6.45) is 5.48. The van der Waals surface area contributed by atoms with E-state index in [1.165, 1.54) is 0 Å². The molecule has 36 heavy (non-hydrogen) atoms. The molecule has 1 aromatic carbocycles. The first-order valence-electron chi connectivity index (χ1n) is 11.8. The Bertz CT molecular complexity index is 1820. The van der Waals surface area contributed by atoms with Gasteiger partial charge in [0.25, 0.3) is 0 Å². The summed E-state index contributed by atoms with van der Waals surface area (Å²) in [4.78, 5) is 25.9. The van der Waals surface area contributed by atoms with Gasteiger partial charge in [-0.3, -0.25) is 13.8 Å². The van der Waals surface area contributed by atoms with Crippen LogP contribution >= 0.6 is 11.3 Å². The lowest BCUT2D eigenvalue weighted by atomic mass is 9.99. The number of hydrogen-bond donors (Lipinski definition) is 2. The zero-order valence-electron chi connectivity index (χ0n) is 20.8. The van der Waals surface area contributed by atoms with Crippen molar-refractivity contribution in [2.45, 2.75) is 45.9 Å². The van der Waals surface area contributed by atoms with Gasteiger partial charge in [-0.05, 0) is 45.4 Å². The molecular weight excluding hydrogens is 474 g/mol. The first-order chi connectivity index (χ1) is 17.1. The lowest BCUT2D eigenvalue weighted by Crippen LogP contribution is -2.26. The van der Waals surface area contributed by atoms with Crippen LogP contribution in [0.5, 0.6) is 0 Å². The molecular formula is C26H27N7O2S. The zero-order valence-corrected chi connectivity index (χ0v) is 21.6. The number of nitrogens with zero attached hydrogens (tertiary/aromatic N) is 6. The SMILES string of the molecule is CC(C)n1c(=O)n(C)c2cnc3[nH]c(-c4cnn(CC(C)(C)O)c4)c(-c4ccc5ncsc5c4)c3c21. The largest absolute Gasteiger partial charge is 0.389 e. The second-order valence-corrected chi connectivity index (χ2v) is 11.1. The summed E-state index contributed by atoms with van der Waals surface area (Å²) in [5.41, 5.74) is 7.87. The summed E-state index contributed by atoms with van der Waals surface area (Å²) in [6, 6.07) is 6.20. The lowest BCUT2D eigenvalue weighted by molar-refractivity contribution is 0.0577. The second-order valence-electron chi connectivity index (χ2n) is 10.2. The number of aromatic nitrogens is 7. The van der Waals surface area contributed by atoms with Crippen molar-refractivity contribution in [3.63, 3.8) is 0 Å². The van der Waals surface area contributed by atoms with Crippen LogP contribution < -0.4 is 5.69 Å². The molecule has 6 aromatic rings. The van der Waals surface area contributed by atoms with Gasteiger partial charge in [0.05, 0.1) is 62.4 Å². The highest BCUT2D eigenvalue weighted by Gasteiger charge is 2.25. The minimum Gasteiger partial charge on any atom is -0.389 e. The number of benzene rings is 1. The van der Waals surface area contributed by atoms with Crippen LogP contribution in [-0.4, -0.2) is 44.6 Å². The van der Waals surface area contributed by atoms with E-state index in [0.29, 0.717) is 12.2 Å². The predicted octanol–water partition coefficient (Wildman–Crippen LogP) is 4.71. The molecule has 184 valence electrons. The van der Waals surface area contributed by atoms with Gasteiger partial charge in [-0.1, -0.05) is 6.07 Å². The lowest BCUT2D eigenvalue weighted by Gasteiger charge is -2.16. The summed E-state index contributed by atoms with van der Waals surface area (Å²) >= 11 is 1.59. The Labute approximate surface area is 210 Å². The van der Waals surface area contributed by atoms with Crippen LogP contribution in [0.25, 0.3) is 54.7 Å². The molecule has 6 rings (SSSR count). The molecule has 0 unspecified atom stereocenters. The van der Waals surface area contributed by atoms with Crippen LogP contribution in [-0.2, 0) is 13.6 Å². The Kier molecular flexibility index (Phi) is 4.96. The van der Waals surface area contributed by atoms with E-state index >= 15 is 0 Å². The fraction of sp³-hybridized carbons (Fsp3) is 0.308. The van der Waals surface area contributed by atoms with E-state index in [0.717, 1.165) is 49.0 Å². The van der Waals surface area contributed by atoms with Gasteiger partial charge in [-0.25, -0.2) is 14.8 Å². The van der Waals surface area contributed by atoms with Crippen LogP contribution in [0.3, 0.4) is 0 Å². The maximum absolute atomic E-state index is 13.2. The first kappa shape index (κ1) is 22.7. The van der Waals surface area contributed by atoms with Crippen LogP contribution in [0.15, 0.2) is 47.1 Å². The maximum atomic E-state index is 13.2. The molecule has 0 spiro atoms. The molecule has 0 aliphatic carbocycles. The third-order valence-corrected chi connectivity index (χ3v) is 7.27. The fourth-order valence-corrected chi connectivity index (χ4v) is 5.67. The molecule has 0 aliphatic rings. The number of aliphatic hydroxyl groups is 1. The molecule has 0 atom stereocenters. The molecule has 0 aliphatic heterocycles. The average molecular weight is 502 g/mol. The highest BCUT2D eigenvalue weighted by atomic mass is 32.1. The standard InChI is InChI=1S/C26H27N7O2S/c1-14(2)33-23-18(31(5)25(33)34)10-27-24-21(23)20(15-6-7-17-19(8-15)36-13-28-17)22(30-24)16-9-29-32(11-16)12-26(3,4)35/h6-11,13-14,35H,12H2,1-5H3,(H,27,30). The number of rotatable bonds is 5. The number of H-pyrrole nitrogens is 1. The number of imidazole rings is 1. The Morgan fingerprint density at radius 3 is 2.72 bits per heavy atom. The fourth-order valence-electron chi connectivity index (χ4n) is 4.95. The average Bonchev–Trinajstić information content (AvgIpc) is 3.57. The molecule has 0 saturated carbocycles. The van der Waals surface area contributed by atoms with E-state index in [-0.39, 0.29) is 11.7 Å². The van der Waals surface area contributed by atoms with Crippen LogP contribution in [0.4, 0.5) is 0 Å². The molecule has 2 N–H and O–H groups in total. The minimum absolute atomic E-state index is 0.0310. The molecule has 5 aromatic heterocycles. The molecule has 0 bridgehead atoms. The quantitative estimate of drug-likeness (QED) is 0.356. The van der Waals surface area contributed by atoms with Crippen molar-refractivity contribution in [3.05, 3.63) is 52.8 Å². The predicted molar refractivity (Wildman–Crippen MR) is 143 cm³/mol. The highest BCUT2D eigenvalue weighted by Crippen LogP contribution is 2.42. The smallest absolute Gasteiger partial charge is 0.329 e. The molecule has 5 heterocycles. The van der Waals surface area contributed by atoms with Crippen LogP contribution in [0, 0.1) is 0 Å². The van der Waals surface area contributed by atoms with Gasteiger partial charge in [0.2, 0.25) is 0 Å². The van der Waals surface area contributed by atoms with Crippen molar-refractivity contribution in [2.75, 3.05) is 0 Å². The minimum atomic E-state index is -0.894. The number of fused-ring (bicyclic) bond motifs is 4. The van der Waals surface area contributed by atoms with Gasteiger partial charge in [-0.2, -0.15) is 5.10 Å². The van der Waals surface area contributed by atoms with Gasteiger partial charge in [-0.15, -0.1) is 11.3 Å². The van der Waals surface area contributed by atoms with E-state index < -0.39 is 5.60 Å². The number of aryl methyl sites for hydroxylation is 1.